The second-order valence-electron chi connectivity index (χ2n) is 3.98. The summed E-state index contributed by atoms with van der Waals surface area (Å²) in [5.74, 6) is 0. The predicted molar refractivity (Wildman–Crippen MR) is 66.7 cm³/mol. The van der Waals surface area contributed by atoms with Crippen LogP contribution in [0.4, 0.5) is 0 Å². The number of hydrogen-bond donors (Lipinski definition) is 1. The normalized spacial score (nSPS) is 12.3. The number of nitrogens with two attached hydrogens (primary N) is 1. The Bertz CT molecular complexity index is 468. The first kappa shape index (κ1) is 10.1. The number of halogens is 1. The Labute approximate surface area is 96.1 Å². The van der Waals surface area contributed by atoms with Gasteiger partial charge in [-0.1, -0.05) is 22.0 Å². The van der Waals surface area contributed by atoms with Crippen LogP contribution in [0.1, 0.15) is 19.4 Å². The Balaban J connectivity index is 2.80. The third-order valence-corrected chi connectivity index (χ3v) is 3.85. The summed E-state index contributed by atoms with van der Waals surface area (Å²) in [4.78, 5) is 0. The lowest BCUT2D eigenvalue weighted by atomic mass is 9.95. The van der Waals surface area contributed by atoms with Crippen molar-refractivity contribution < 1.29 is 0 Å². The Morgan fingerprint density at radius 1 is 1.36 bits per heavy atom. The Hall–Kier alpha value is -0.380. The monoisotopic (exact) mass is 269 g/mol. The quantitative estimate of drug-likeness (QED) is 0.836. The van der Waals surface area contributed by atoms with Crippen molar-refractivity contribution in [2.45, 2.75) is 19.4 Å². The summed E-state index contributed by atoms with van der Waals surface area (Å²) >= 11 is 5.32. The van der Waals surface area contributed by atoms with Crippen molar-refractivity contribution in [1.82, 2.24) is 0 Å². The largest absolute Gasteiger partial charge is 0.322 e. The van der Waals surface area contributed by atoms with Gasteiger partial charge < -0.3 is 5.73 Å². The second kappa shape index (κ2) is 3.33. The number of benzene rings is 1. The zero-order chi connectivity index (χ0) is 10.3. The summed E-state index contributed by atoms with van der Waals surface area (Å²) in [6, 6.07) is 6.24. The Kier molecular flexibility index (Phi) is 2.41. The summed E-state index contributed by atoms with van der Waals surface area (Å²) in [5.41, 5.74) is 7.06. The van der Waals surface area contributed by atoms with Crippen LogP contribution < -0.4 is 5.73 Å². The lowest BCUT2D eigenvalue weighted by Crippen LogP contribution is -2.28. The molecule has 1 aromatic carbocycles. The van der Waals surface area contributed by atoms with Crippen LogP contribution in [0.2, 0.25) is 0 Å². The molecule has 1 aromatic heterocycles. The van der Waals surface area contributed by atoms with Gasteiger partial charge in [-0.25, -0.2) is 0 Å². The average molecular weight is 270 g/mol. The van der Waals surface area contributed by atoms with E-state index in [-0.39, 0.29) is 5.54 Å². The lowest BCUT2D eigenvalue weighted by molar-refractivity contribution is 0.561. The van der Waals surface area contributed by atoms with Crippen molar-refractivity contribution in [2.24, 2.45) is 5.73 Å². The predicted octanol–water partition coefficient (Wildman–Crippen LogP) is 3.86. The van der Waals surface area contributed by atoms with Crippen molar-refractivity contribution in [1.29, 1.82) is 0 Å². The Morgan fingerprint density at radius 3 is 2.71 bits per heavy atom. The van der Waals surface area contributed by atoms with Crippen LogP contribution in [0.15, 0.2) is 28.1 Å². The molecule has 0 aliphatic heterocycles. The molecule has 0 unspecified atom stereocenters. The van der Waals surface area contributed by atoms with E-state index in [1.54, 1.807) is 11.3 Å². The Morgan fingerprint density at radius 2 is 2.07 bits per heavy atom. The van der Waals surface area contributed by atoms with Crippen LogP contribution in [-0.2, 0) is 5.54 Å². The van der Waals surface area contributed by atoms with E-state index in [0.29, 0.717) is 0 Å². The molecular weight excluding hydrogens is 258 g/mol. The van der Waals surface area contributed by atoms with Crippen molar-refractivity contribution in [3.05, 3.63) is 33.6 Å². The van der Waals surface area contributed by atoms with Crippen LogP contribution in [0, 0.1) is 0 Å². The van der Waals surface area contributed by atoms with Gasteiger partial charge in [-0.2, -0.15) is 0 Å². The first-order valence-electron chi connectivity index (χ1n) is 4.45. The summed E-state index contributed by atoms with van der Waals surface area (Å²) in [7, 11) is 0. The fraction of sp³-hybridized carbons (Fsp3) is 0.273. The molecule has 2 aromatic rings. The van der Waals surface area contributed by atoms with Gasteiger partial charge in [0, 0.05) is 20.1 Å². The molecule has 0 saturated carbocycles. The summed E-state index contributed by atoms with van der Waals surface area (Å²) in [6.07, 6.45) is 0. The van der Waals surface area contributed by atoms with Crippen LogP contribution in [0.25, 0.3) is 10.1 Å². The highest BCUT2D eigenvalue weighted by Crippen LogP contribution is 2.36. The summed E-state index contributed by atoms with van der Waals surface area (Å²) in [5, 5.41) is 3.40. The highest BCUT2D eigenvalue weighted by atomic mass is 79.9. The van der Waals surface area contributed by atoms with Crippen molar-refractivity contribution in [2.75, 3.05) is 0 Å². The molecule has 2 rings (SSSR count). The van der Waals surface area contributed by atoms with E-state index < -0.39 is 0 Å². The van der Waals surface area contributed by atoms with Crippen LogP contribution in [0.3, 0.4) is 0 Å². The van der Waals surface area contributed by atoms with Crippen LogP contribution >= 0.6 is 27.3 Å². The fourth-order valence-electron chi connectivity index (χ4n) is 1.52. The van der Waals surface area contributed by atoms with Crippen molar-refractivity contribution in [3.63, 3.8) is 0 Å². The fourth-order valence-corrected chi connectivity index (χ4v) is 3.39. The summed E-state index contributed by atoms with van der Waals surface area (Å²) in [6.45, 7) is 4.07. The molecule has 1 nitrogen and oxygen atoms in total. The van der Waals surface area contributed by atoms with Crippen LogP contribution in [-0.4, -0.2) is 0 Å². The van der Waals surface area contributed by atoms with E-state index in [1.807, 2.05) is 13.8 Å². The molecule has 0 spiro atoms. The van der Waals surface area contributed by atoms with E-state index in [1.165, 1.54) is 15.6 Å². The number of hydrogen-bond acceptors (Lipinski definition) is 2. The van der Waals surface area contributed by atoms with Gasteiger partial charge in [-0.3, -0.25) is 0 Å². The molecular formula is C11H12BrNS. The van der Waals surface area contributed by atoms with Gasteiger partial charge >= 0.3 is 0 Å². The molecule has 0 aliphatic rings. The molecule has 0 fully saturated rings. The minimum absolute atomic E-state index is 0.276. The minimum atomic E-state index is -0.276. The first-order chi connectivity index (χ1) is 6.50. The molecule has 0 atom stereocenters. The maximum absolute atomic E-state index is 6.12. The molecule has 1 heterocycles. The van der Waals surface area contributed by atoms with E-state index >= 15 is 0 Å². The highest BCUT2D eigenvalue weighted by Gasteiger charge is 2.19. The summed E-state index contributed by atoms with van der Waals surface area (Å²) < 4.78 is 2.41. The topological polar surface area (TPSA) is 26.0 Å². The lowest BCUT2D eigenvalue weighted by Gasteiger charge is -2.18. The number of fused-ring (bicyclic) bond motifs is 1. The molecule has 0 bridgehead atoms. The van der Waals surface area contributed by atoms with E-state index in [9.17, 15) is 0 Å². The van der Waals surface area contributed by atoms with Crippen molar-refractivity contribution >= 4 is 37.4 Å². The molecule has 0 radical (unpaired) electrons. The average Bonchev–Trinajstić information content (AvgIpc) is 2.47. The standard InChI is InChI=1S/C11H12BrNS/c1-11(2,13)7-6-14-9-5-3-4-8(12)10(7)9/h3-6H,13H2,1-2H3. The maximum atomic E-state index is 6.12. The molecule has 14 heavy (non-hydrogen) atoms. The first-order valence-corrected chi connectivity index (χ1v) is 6.12. The van der Waals surface area contributed by atoms with Gasteiger partial charge in [0.05, 0.1) is 0 Å². The number of thiophene rings is 1. The second-order valence-corrected chi connectivity index (χ2v) is 5.75. The molecule has 0 aliphatic carbocycles. The van der Waals surface area contributed by atoms with Gasteiger partial charge in [0.25, 0.3) is 0 Å². The molecule has 74 valence electrons. The van der Waals surface area contributed by atoms with Gasteiger partial charge in [0.1, 0.15) is 0 Å². The van der Waals surface area contributed by atoms with E-state index in [2.05, 4.69) is 39.5 Å². The van der Waals surface area contributed by atoms with Gasteiger partial charge in [-0.15, -0.1) is 11.3 Å². The molecule has 2 N–H and O–H groups in total. The van der Waals surface area contributed by atoms with E-state index in [4.69, 9.17) is 5.73 Å². The molecule has 0 saturated heterocycles. The number of rotatable bonds is 1. The SMILES string of the molecule is CC(C)(N)c1csc2cccc(Br)c12. The third kappa shape index (κ3) is 1.60. The minimum Gasteiger partial charge on any atom is -0.322 e. The zero-order valence-corrected chi connectivity index (χ0v) is 10.6. The van der Waals surface area contributed by atoms with Gasteiger partial charge in [0.2, 0.25) is 0 Å². The van der Waals surface area contributed by atoms with Crippen molar-refractivity contribution in [3.8, 4) is 0 Å². The van der Waals surface area contributed by atoms with Gasteiger partial charge in [-0.05, 0) is 36.9 Å². The molecule has 0 amide bonds. The highest BCUT2D eigenvalue weighted by molar-refractivity contribution is 9.10. The third-order valence-electron chi connectivity index (χ3n) is 2.24. The van der Waals surface area contributed by atoms with Crippen LogP contribution in [0.5, 0.6) is 0 Å². The molecule has 3 heteroatoms. The zero-order valence-electron chi connectivity index (χ0n) is 8.17. The van der Waals surface area contributed by atoms with Gasteiger partial charge in [0.15, 0.2) is 0 Å². The maximum Gasteiger partial charge on any atom is 0.0367 e. The van der Waals surface area contributed by atoms with E-state index in [0.717, 1.165) is 4.47 Å². The smallest absolute Gasteiger partial charge is 0.0367 e.